The molecule has 2 heterocycles. The Bertz CT molecular complexity index is 622. The Kier molecular flexibility index (Phi) is 9.91. The Morgan fingerprint density at radius 2 is 1.90 bits per heavy atom. The second-order valence-corrected chi connectivity index (χ2v) is 8.65. The van der Waals surface area contributed by atoms with Gasteiger partial charge < -0.3 is 18.8 Å². The van der Waals surface area contributed by atoms with Crippen molar-refractivity contribution in [1.82, 2.24) is 0 Å². The lowest BCUT2D eigenvalue weighted by atomic mass is 9.83. The van der Waals surface area contributed by atoms with Gasteiger partial charge >= 0.3 is 15.6 Å². The number of alkyl halides is 3. The van der Waals surface area contributed by atoms with Crippen LogP contribution in [0, 0.1) is 0 Å². The molecule has 0 aromatic rings. The van der Waals surface area contributed by atoms with Crippen LogP contribution in [-0.2, 0) is 23.8 Å². The van der Waals surface area contributed by atoms with Crippen LogP contribution in [-0.4, -0.2) is 49.6 Å². The molecule has 2 rings (SSSR count). The molecular weight excluding hydrogens is 413 g/mol. The molecule has 0 aromatic heterocycles. The van der Waals surface area contributed by atoms with Crippen molar-refractivity contribution in [2.24, 2.45) is 0 Å². The molecule has 0 bridgehead atoms. The fourth-order valence-corrected chi connectivity index (χ4v) is 4.31. The van der Waals surface area contributed by atoms with E-state index in [1.807, 2.05) is 20.8 Å². The van der Waals surface area contributed by atoms with Crippen molar-refractivity contribution in [1.29, 1.82) is 0 Å². The van der Waals surface area contributed by atoms with Gasteiger partial charge in [0, 0.05) is 19.4 Å². The third-order valence-corrected chi connectivity index (χ3v) is 6.23. The molecule has 29 heavy (non-hydrogen) atoms. The molecule has 2 aliphatic rings. The van der Waals surface area contributed by atoms with E-state index in [-0.39, 0.29) is 31.3 Å². The molecule has 1 N–H and O–H groups in total. The normalized spacial score (nSPS) is 29.6. The summed E-state index contributed by atoms with van der Waals surface area (Å²) in [6, 6.07) is 0. The molecule has 172 valence electrons. The maximum atomic E-state index is 12.3. The van der Waals surface area contributed by atoms with E-state index < -0.39 is 27.0 Å². The largest absolute Gasteiger partial charge is 0.534 e. The number of halogens is 3. The van der Waals surface area contributed by atoms with E-state index in [4.69, 9.17) is 14.6 Å². The van der Waals surface area contributed by atoms with Crippen LogP contribution >= 0.6 is 0 Å². The monoisotopic (exact) mass is 446 g/mol. The molecule has 10 heteroatoms. The smallest absolute Gasteiger partial charge is 0.396 e. The summed E-state index contributed by atoms with van der Waals surface area (Å²) in [4.78, 5) is 0. The number of ether oxygens (including phenoxy) is 2. The summed E-state index contributed by atoms with van der Waals surface area (Å²) in [7, 11) is -5.68. The molecule has 4 atom stereocenters. The number of aliphatic hydroxyl groups excluding tert-OH is 1. The average Bonchev–Trinajstić information content (AvgIpc) is 3.03. The summed E-state index contributed by atoms with van der Waals surface area (Å²) < 4.78 is 75.4. The number of hydrogen-bond donors (Lipinski definition) is 1. The van der Waals surface area contributed by atoms with Crippen molar-refractivity contribution >= 4 is 10.1 Å². The molecule has 3 unspecified atom stereocenters. The maximum Gasteiger partial charge on any atom is 0.534 e. The minimum absolute atomic E-state index is 0.0241. The second kappa shape index (κ2) is 11.0. The summed E-state index contributed by atoms with van der Waals surface area (Å²) in [5.74, 6) is -0.452. The molecule has 2 fully saturated rings. The molecule has 2 saturated heterocycles. The first-order valence-corrected chi connectivity index (χ1v) is 11.6. The maximum absolute atomic E-state index is 12.3. The first-order valence-electron chi connectivity index (χ1n) is 10.2. The van der Waals surface area contributed by atoms with Crippen LogP contribution in [0.2, 0.25) is 0 Å². The fourth-order valence-electron chi connectivity index (χ4n) is 3.82. The Morgan fingerprint density at radius 1 is 1.24 bits per heavy atom. The zero-order valence-corrected chi connectivity index (χ0v) is 18.2. The van der Waals surface area contributed by atoms with Crippen LogP contribution in [0.3, 0.4) is 0 Å². The molecular formula is C19H33F3O6S. The predicted molar refractivity (Wildman–Crippen MR) is 103 cm³/mol. The molecule has 6 nitrogen and oxygen atoms in total. The van der Waals surface area contributed by atoms with Crippen molar-refractivity contribution in [2.75, 3.05) is 6.61 Å². The molecule has 0 saturated carbocycles. The quantitative estimate of drug-likeness (QED) is 0.321. The Labute approximate surface area is 171 Å². The van der Waals surface area contributed by atoms with Gasteiger partial charge in [-0.25, -0.2) is 0 Å². The van der Waals surface area contributed by atoms with Gasteiger partial charge in [-0.3, -0.25) is 0 Å². The summed E-state index contributed by atoms with van der Waals surface area (Å²) in [6.07, 6.45) is 4.34. The lowest BCUT2D eigenvalue weighted by Gasteiger charge is -2.41. The molecule has 0 aliphatic carbocycles. The highest BCUT2D eigenvalue weighted by atomic mass is 32.2. The third-order valence-electron chi connectivity index (χ3n) is 5.21. The van der Waals surface area contributed by atoms with Crippen molar-refractivity contribution in [3.8, 4) is 0 Å². The summed E-state index contributed by atoms with van der Waals surface area (Å²) in [5.41, 5.74) is -5.91. The number of allylic oxidation sites excluding steroid dienone is 1. The number of hydrogen-bond acceptors (Lipinski definition) is 6. The van der Waals surface area contributed by atoms with Crippen LogP contribution in [0.15, 0.2) is 12.3 Å². The minimum Gasteiger partial charge on any atom is -0.396 e. The topological polar surface area (TPSA) is 82.1 Å². The van der Waals surface area contributed by atoms with E-state index in [1.165, 1.54) is 0 Å². The summed E-state index contributed by atoms with van der Waals surface area (Å²) in [6.45, 7) is 9.39. The minimum atomic E-state index is -5.68. The van der Waals surface area contributed by atoms with E-state index in [9.17, 15) is 21.6 Å². The molecule has 0 aromatic carbocycles. The average molecular weight is 447 g/mol. The van der Waals surface area contributed by atoms with Gasteiger partial charge in [-0.2, -0.15) is 21.6 Å². The van der Waals surface area contributed by atoms with Gasteiger partial charge in [-0.05, 0) is 38.5 Å². The summed E-state index contributed by atoms with van der Waals surface area (Å²) >= 11 is 0. The third kappa shape index (κ3) is 6.83. The Balaban J connectivity index is 0.00000204. The number of fused-ring (bicyclic) bond motifs is 1. The molecule has 0 radical (unpaired) electrons. The lowest BCUT2D eigenvalue weighted by Crippen LogP contribution is -2.47. The highest BCUT2D eigenvalue weighted by Gasteiger charge is 2.52. The first kappa shape index (κ1) is 26.2. The van der Waals surface area contributed by atoms with Crippen molar-refractivity contribution in [2.45, 2.75) is 102 Å². The highest BCUT2D eigenvalue weighted by Crippen LogP contribution is 2.45. The molecule has 2 aliphatic heterocycles. The van der Waals surface area contributed by atoms with Crippen molar-refractivity contribution in [3.63, 3.8) is 0 Å². The highest BCUT2D eigenvalue weighted by molar-refractivity contribution is 7.87. The molecule has 0 spiro atoms. The Morgan fingerprint density at radius 3 is 2.45 bits per heavy atom. The van der Waals surface area contributed by atoms with E-state index >= 15 is 0 Å². The zero-order chi connectivity index (χ0) is 22.3. The Hall–Kier alpha value is -0.840. The van der Waals surface area contributed by atoms with Crippen molar-refractivity contribution < 1.29 is 40.4 Å². The van der Waals surface area contributed by atoms with Crippen LogP contribution in [0.4, 0.5) is 13.2 Å². The predicted octanol–water partition coefficient (Wildman–Crippen LogP) is 4.43. The van der Waals surface area contributed by atoms with Gasteiger partial charge in [0.2, 0.25) is 0 Å². The second-order valence-electron chi connectivity index (χ2n) is 7.11. The van der Waals surface area contributed by atoms with Crippen LogP contribution in [0.25, 0.3) is 0 Å². The number of aliphatic hydroxyl groups is 1. The zero-order valence-electron chi connectivity index (χ0n) is 17.3. The van der Waals surface area contributed by atoms with Gasteiger partial charge in [0.1, 0.15) is 5.76 Å². The van der Waals surface area contributed by atoms with Crippen LogP contribution in [0.1, 0.15) is 72.1 Å². The summed E-state index contributed by atoms with van der Waals surface area (Å²) in [5, 5.41) is 8.98. The number of rotatable bonds is 9. The van der Waals surface area contributed by atoms with Gasteiger partial charge in [0.15, 0.2) is 0 Å². The van der Waals surface area contributed by atoms with E-state index in [0.717, 1.165) is 19.3 Å². The SMILES string of the molecule is C=C(CCC1CC[C@@H]2OC(CCCO)CC2(CC)O1)OS(=O)(=O)C(F)(F)F.CC. The van der Waals surface area contributed by atoms with Gasteiger partial charge in [0.05, 0.1) is 23.9 Å². The standard InChI is InChI=1S/C17H27F3O6S.C2H6/c1-3-16-11-14(5-4-10-21)24-15(16)9-8-13(25-16)7-6-12(2)26-27(22,23)17(18,19)20;1-2/h13-15,21H,2-11H2,1H3;1-2H3/t13?,14?,15-,16?;/m0./s1. The van der Waals surface area contributed by atoms with E-state index in [0.29, 0.717) is 25.7 Å². The fraction of sp³-hybridized carbons (Fsp3) is 0.895. The van der Waals surface area contributed by atoms with Gasteiger partial charge in [-0.1, -0.05) is 27.4 Å². The van der Waals surface area contributed by atoms with Crippen LogP contribution < -0.4 is 0 Å². The van der Waals surface area contributed by atoms with Gasteiger partial charge in [0.25, 0.3) is 0 Å². The van der Waals surface area contributed by atoms with E-state index in [2.05, 4.69) is 10.8 Å². The molecule has 0 amide bonds. The lowest BCUT2D eigenvalue weighted by molar-refractivity contribution is -0.168. The van der Waals surface area contributed by atoms with E-state index in [1.54, 1.807) is 0 Å². The van der Waals surface area contributed by atoms with Crippen molar-refractivity contribution in [3.05, 3.63) is 12.3 Å². The van der Waals surface area contributed by atoms with Crippen LogP contribution in [0.5, 0.6) is 0 Å². The first-order chi connectivity index (χ1) is 13.5. The van der Waals surface area contributed by atoms with Gasteiger partial charge in [-0.15, -0.1) is 0 Å².